The van der Waals surface area contributed by atoms with Crippen LogP contribution in [0.15, 0.2) is 6.20 Å². The lowest BCUT2D eigenvalue weighted by molar-refractivity contribution is 0.0561. The summed E-state index contributed by atoms with van der Waals surface area (Å²) in [6.07, 6.45) is 1.14. The Bertz CT molecular complexity index is 247. The monoisotopic (exact) mass is 162 g/mol. The lowest BCUT2D eigenvalue weighted by atomic mass is 10.3. The molecule has 1 aromatic heterocycles. The van der Waals surface area contributed by atoms with E-state index in [1.165, 1.54) is 0 Å². The van der Waals surface area contributed by atoms with Crippen LogP contribution in [0.3, 0.4) is 0 Å². The Morgan fingerprint density at radius 2 is 2.36 bits per heavy atom. The first-order valence-electron chi connectivity index (χ1n) is 3.08. The molecule has 0 saturated carbocycles. The van der Waals surface area contributed by atoms with Crippen LogP contribution in [0.1, 0.15) is 17.8 Å². The van der Waals surface area contributed by atoms with Gasteiger partial charge in [-0.3, -0.25) is 0 Å². The number of halogens is 2. The largest absolute Gasteiger partial charge is 0.392 e. The number of aromatic nitrogens is 2. The van der Waals surface area contributed by atoms with Crippen molar-refractivity contribution in [3.63, 3.8) is 0 Å². The molecule has 11 heavy (non-hydrogen) atoms. The molecular weight excluding hydrogens is 154 g/mol. The third-order valence-corrected chi connectivity index (χ3v) is 1.39. The second-order valence-electron chi connectivity index (χ2n) is 2.16. The van der Waals surface area contributed by atoms with Gasteiger partial charge in [-0.15, -0.1) is 0 Å². The highest BCUT2D eigenvalue weighted by atomic mass is 19.3. The Morgan fingerprint density at radius 3 is 2.64 bits per heavy atom. The van der Waals surface area contributed by atoms with E-state index < -0.39 is 6.55 Å². The summed E-state index contributed by atoms with van der Waals surface area (Å²) in [5, 5.41) is 12.1. The lowest BCUT2D eigenvalue weighted by Gasteiger charge is -1.94. The highest BCUT2D eigenvalue weighted by Crippen LogP contribution is 2.12. The standard InChI is InChI=1S/C6H8F2N2O/c1-4-5(3-11)2-10(9-4)6(7)8/h2,6,11H,3H2,1H3. The van der Waals surface area contributed by atoms with Crippen molar-refractivity contribution in [3.8, 4) is 0 Å². The van der Waals surface area contributed by atoms with Crippen LogP contribution in [-0.2, 0) is 6.61 Å². The summed E-state index contributed by atoms with van der Waals surface area (Å²) in [6.45, 7) is -1.31. The molecule has 0 aromatic carbocycles. The van der Waals surface area contributed by atoms with E-state index >= 15 is 0 Å². The smallest absolute Gasteiger partial charge is 0.333 e. The average molecular weight is 162 g/mol. The molecule has 1 rings (SSSR count). The minimum absolute atomic E-state index is 0.251. The Kier molecular flexibility index (Phi) is 2.19. The number of nitrogens with zero attached hydrogens (tertiary/aromatic N) is 2. The molecule has 1 N–H and O–H groups in total. The Morgan fingerprint density at radius 1 is 1.73 bits per heavy atom. The molecule has 0 radical (unpaired) electrons. The van der Waals surface area contributed by atoms with Gasteiger partial charge in [0.1, 0.15) is 0 Å². The molecule has 0 fully saturated rings. The van der Waals surface area contributed by atoms with Gasteiger partial charge in [0.05, 0.1) is 12.3 Å². The normalized spacial score (nSPS) is 11.0. The van der Waals surface area contributed by atoms with Gasteiger partial charge in [0.25, 0.3) is 0 Å². The molecule has 0 unspecified atom stereocenters. The predicted octanol–water partition coefficient (Wildman–Crippen LogP) is 1.08. The zero-order valence-corrected chi connectivity index (χ0v) is 5.96. The quantitative estimate of drug-likeness (QED) is 0.706. The van der Waals surface area contributed by atoms with Crippen molar-refractivity contribution < 1.29 is 13.9 Å². The maximum absolute atomic E-state index is 11.9. The number of aliphatic hydroxyl groups is 1. The summed E-state index contributed by atoms with van der Waals surface area (Å²) in [4.78, 5) is 0. The van der Waals surface area contributed by atoms with Crippen LogP contribution in [0.4, 0.5) is 8.78 Å². The second kappa shape index (κ2) is 2.96. The maximum Gasteiger partial charge on any atom is 0.333 e. The van der Waals surface area contributed by atoms with E-state index in [0.717, 1.165) is 6.20 Å². The van der Waals surface area contributed by atoms with Gasteiger partial charge >= 0.3 is 6.55 Å². The second-order valence-corrected chi connectivity index (χ2v) is 2.16. The average Bonchev–Trinajstić information content (AvgIpc) is 2.31. The van der Waals surface area contributed by atoms with Crippen LogP contribution < -0.4 is 0 Å². The van der Waals surface area contributed by atoms with E-state index in [-0.39, 0.29) is 6.61 Å². The van der Waals surface area contributed by atoms with Crippen molar-refractivity contribution in [1.82, 2.24) is 9.78 Å². The van der Waals surface area contributed by atoms with Crippen molar-refractivity contribution in [3.05, 3.63) is 17.5 Å². The van der Waals surface area contributed by atoms with Crippen molar-refractivity contribution in [2.75, 3.05) is 0 Å². The summed E-state index contributed by atoms with van der Waals surface area (Å²) in [6, 6.07) is 0. The van der Waals surface area contributed by atoms with E-state index in [9.17, 15) is 8.78 Å². The first-order chi connectivity index (χ1) is 5.15. The molecule has 0 amide bonds. The molecule has 0 spiro atoms. The maximum atomic E-state index is 11.9. The van der Waals surface area contributed by atoms with Crippen LogP contribution in [0, 0.1) is 6.92 Å². The summed E-state index contributed by atoms with van der Waals surface area (Å²) >= 11 is 0. The van der Waals surface area contributed by atoms with Gasteiger partial charge in [-0.1, -0.05) is 0 Å². The summed E-state index contributed by atoms with van der Waals surface area (Å²) in [5.74, 6) is 0. The number of hydrogen-bond donors (Lipinski definition) is 1. The molecule has 1 aromatic rings. The molecule has 0 aliphatic rings. The Hall–Kier alpha value is -0.970. The third-order valence-electron chi connectivity index (χ3n) is 1.39. The fourth-order valence-electron chi connectivity index (χ4n) is 0.775. The van der Waals surface area contributed by atoms with Crippen LogP contribution >= 0.6 is 0 Å². The van der Waals surface area contributed by atoms with Gasteiger partial charge in [-0.25, -0.2) is 4.68 Å². The number of rotatable bonds is 2. The van der Waals surface area contributed by atoms with Crippen LogP contribution in [-0.4, -0.2) is 14.9 Å². The fraction of sp³-hybridized carbons (Fsp3) is 0.500. The first-order valence-corrected chi connectivity index (χ1v) is 3.08. The molecule has 62 valence electrons. The van der Waals surface area contributed by atoms with E-state index in [1.807, 2.05) is 0 Å². The number of hydrogen-bond acceptors (Lipinski definition) is 2. The SMILES string of the molecule is Cc1nn(C(F)F)cc1CO. The van der Waals surface area contributed by atoms with Crippen molar-refractivity contribution >= 4 is 0 Å². The lowest BCUT2D eigenvalue weighted by Crippen LogP contribution is -1.97. The fourth-order valence-corrected chi connectivity index (χ4v) is 0.775. The summed E-state index contributed by atoms with van der Waals surface area (Å²) < 4.78 is 24.4. The number of aryl methyl sites for hydroxylation is 1. The van der Waals surface area contributed by atoms with Crippen molar-refractivity contribution in [1.29, 1.82) is 0 Å². The van der Waals surface area contributed by atoms with Gasteiger partial charge in [0, 0.05) is 11.8 Å². The predicted molar refractivity (Wildman–Crippen MR) is 34.1 cm³/mol. The van der Waals surface area contributed by atoms with Gasteiger partial charge in [-0.2, -0.15) is 13.9 Å². The van der Waals surface area contributed by atoms with Crippen LogP contribution in [0.5, 0.6) is 0 Å². The molecular formula is C6H8F2N2O. The van der Waals surface area contributed by atoms with E-state index in [2.05, 4.69) is 5.10 Å². The zero-order chi connectivity index (χ0) is 8.43. The molecule has 3 nitrogen and oxygen atoms in total. The first kappa shape index (κ1) is 8.13. The minimum atomic E-state index is -2.63. The summed E-state index contributed by atoms with van der Waals surface area (Å²) in [5.41, 5.74) is 0.873. The van der Waals surface area contributed by atoms with E-state index in [1.54, 1.807) is 6.92 Å². The highest BCUT2D eigenvalue weighted by Gasteiger charge is 2.09. The highest BCUT2D eigenvalue weighted by molar-refractivity contribution is 5.13. The van der Waals surface area contributed by atoms with Crippen molar-refractivity contribution in [2.45, 2.75) is 20.1 Å². The van der Waals surface area contributed by atoms with E-state index in [4.69, 9.17) is 5.11 Å². The van der Waals surface area contributed by atoms with Crippen LogP contribution in [0.25, 0.3) is 0 Å². The number of aliphatic hydroxyl groups excluding tert-OH is 1. The molecule has 0 aliphatic carbocycles. The minimum Gasteiger partial charge on any atom is -0.392 e. The van der Waals surface area contributed by atoms with E-state index in [0.29, 0.717) is 15.9 Å². The van der Waals surface area contributed by atoms with Gasteiger partial charge < -0.3 is 5.11 Å². The topological polar surface area (TPSA) is 38.0 Å². The molecule has 1 heterocycles. The van der Waals surface area contributed by atoms with Gasteiger partial charge in [0.2, 0.25) is 0 Å². The van der Waals surface area contributed by atoms with Gasteiger partial charge in [-0.05, 0) is 6.92 Å². The molecule has 0 aliphatic heterocycles. The molecule has 0 bridgehead atoms. The Balaban J connectivity index is 2.95. The molecule has 5 heteroatoms. The number of alkyl halides is 2. The molecule has 0 atom stereocenters. The molecule has 0 saturated heterocycles. The van der Waals surface area contributed by atoms with Crippen LogP contribution in [0.2, 0.25) is 0 Å². The Labute approximate surface area is 62.3 Å². The third kappa shape index (κ3) is 1.54. The zero-order valence-electron chi connectivity index (χ0n) is 5.96. The van der Waals surface area contributed by atoms with Gasteiger partial charge in [0.15, 0.2) is 0 Å². The van der Waals surface area contributed by atoms with Crippen molar-refractivity contribution in [2.24, 2.45) is 0 Å². The summed E-state index contributed by atoms with van der Waals surface area (Å²) in [7, 11) is 0.